The molecular weight excluding hydrogens is 288 g/mol. The summed E-state index contributed by atoms with van der Waals surface area (Å²) in [6, 6.07) is 1.89. The monoisotopic (exact) mass is 308 g/mol. The fourth-order valence-electron chi connectivity index (χ4n) is 2.76. The number of aromatic nitrogens is 1. The van der Waals surface area contributed by atoms with Gasteiger partial charge in [0.25, 0.3) is 0 Å². The number of hydrogen-bond donors (Lipinski definition) is 2. The van der Waals surface area contributed by atoms with Crippen molar-refractivity contribution in [1.29, 1.82) is 0 Å². The molecule has 3 rings (SSSR count). The van der Waals surface area contributed by atoms with Crippen LogP contribution in [0.25, 0.3) is 0 Å². The highest BCUT2D eigenvalue weighted by atomic mass is 16.6. The van der Waals surface area contributed by atoms with Crippen LogP contribution in [0.5, 0.6) is 11.5 Å². The van der Waals surface area contributed by atoms with Crippen LogP contribution in [-0.2, 0) is 11.2 Å². The van der Waals surface area contributed by atoms with Crippen LogP contribution in [-0.4, -0.2) is 64.5 Å². The second kappa shape index (κ2) is 6.10. The molecule has 0 unspecified atom stereocenters. The van der Waals surface area contributed by atoms with Gasteiger partial charge in [0.05, 0.1) is 6.20 Å². The maximum atomic E-state index is 11.0. The summed E-state index contributed by atoms with van der Waals surface area (Å²) in [6.45, 7) is 3.04. The highest BCUT2D eigenvalue weighted by molar-refractivity contribution is 5.77. The van der Waals surface area contributed by atoms with Crippen LogP contribution in [0.1, 0.15) is 18.5 Å². The quantitative estimate of drug-likeness (QED) is 0.827. The lowest BCUT2D eigenvalue weighted by atomic mass is 9.91. The Morgan fingerprint density at radius 1 is 1.27 bits per heavy atom. The number of carboxylic acids is 1. The van der Waals surface area contributed by atoms with Crippen LogP contribution in [0.3, 0.4) is 0 Å². The summed E-state index contributed by atoms with van der Waals surface area (Å²) < 4.78 is 11.0. The number of piperidine rings is 1. The second-order valence-corrected chi connectivity index (χ2v) is 5.75. The average Bonchev–Trinajstić information content (AvgIpc) is 2.54. The lowest BCUT2D eigenvalue weighted by Crippen LogP contribution is -2.49. The molecule has 0 aliphatic carbocycles. The van der Waals surface area contributed by atoms with Gasteiger partial charge in [-0.2, -0.15) is 0 Å². The molecule has 1 aromatic heterocycles. The van der Waals surface area contributed by atoms with E-state index in [1.807, 2.05) is 6.07 Å². The molecule has 1 aromatic rings. The number of carboxylic acid groups (broad SMARTS) is 1. The molecule has 0 saturated carbocycles. The van der Waals surface area contributed by atoms with Crippen molar-refractivity contribution in [1.82, 2.24) is 9.88 Å². The number of fused-ring (bicyclic) bond motifs is 1. The number of carbonyl (C=O) groups is 1. The van der Waals surface area contributed by atoms with Gasteiger partial charge in [-0.3, -0.25) is 4.98 Å². The third-order valence-corrected chi connectivity index (χ3v) is 4.25. The summed E-state index contributed by atoms with van der Waals surface area (Å²) in [5, 5.41) is 18.9. The van der Waals surface area contributed by atoms with E-state index in [-0.39, 0.29) is 12.8 Å². The van der Waals surface area contributed by atoms with Crippen LogP contribution in [0, 0.1) is 0 Å². The predicted molar refractivity (Wildman–Crippen MR) is 77.2 cm³/mol. The van der Waals surface area contributed by atoms with E-state index in [1.165, 1.54) is 0 Å². The lowest BCUT2D eigenvalue weighted by molar-refractivity contribution is -0.163. The first-order valence-electron chi connectivity index (χ1n) is 7.49. The summed E-state index contributed by atoms with van der Waals surface area (Å²) in [4.78, 5) is 17.5. The van der Waals surface area contributed by atoms with Gasteiger partial charge in [0.15, 0.2) is 17.1 Å². The molecule has 1 saturated heterocycles. The van der Waals surface area contributed by atoms with E-state index in [2.05, 4.69) is 9.88 Å². The Kier molecular flexibility index (Phi) is 4.17. The van der Waals surface area contributed by atoms with E-state index >= 15 is 0 Å². The summed E-state index contributed by atoms with van der Waals surface area (Å²) in [6.07, 6.45) is 2.96. The molecule has 2 N–H and O–H groups in total. The van der Waals surface area contributed by atoms with E-state index < -0.39 is 11.6 Å². The number of rotatable bonds is 4. The molecule has 2 aliphatic heterocycles. The summed E-state index contributed by atoms with van der Waals surface area (Å²) in [5.41, 5.74) is -0.644. The molecular formula is C15H20N2O5. The molecule has 0 bridgehead atoms. The molecule has 0 amide bonds. The second-order valence-electron chi connectivity index (χ2n) is 5.75. The van der Waals surface area contributed by atoms with Gasteiger partial charge in [0.2, 0.25) is 0 Å². The highest BCUT2D eigenvalue weighted by Crippen LogP contribution is 2.29. The van der Waals surface area contributed by atoms with E-state index in [9.17, 15) is 9.90 Å². The number of hydrogen-bond acceptors (Lipinski definition) is 6. The Bertz CT molecular complexity index is 555. The minimum absolute atomic E-state index is 0.261. The number of nitrogens with zero attached hydrogens (tertiary/aromatic N) is 2. The van der Waals surface area contributed by atoms with E-state index in [0.29, 0.717) is 32.1 Å². The van der Waals surface area contributed by atoms with Gasteiger partial charge in [0.1, 0.15) is 13.2 Å². The molecule has 0 spiro atoms. The third-order valence-electron chi connectivity index (χ3n) is 4.25. The van der Waals surface area contributed by atoms with Gasteiger partial charge >= 0.3 is 5.97 Å². The first-order valence-corrected chi connectivity index (χ1v) is 7.49. The maximum absolute atomic E-state index is 11.0. The van der Waals surface area contributed by atoms with Crippen LogP contribution < -0.4 is 9.47 Å². The Morgan fingerprint density at radius 3 is 2.64 bits per heavy atom. The molecule has 2 aliphatic rings. The Hall–Kier alpha value is -1.86. The SMILES string of the molecule is O=C(O)C1(O)CCN(CCc2cc3c(cn2)OCCO3)CC1. The van der Waals surface area contributed by atoms with Crippen LogP contribution in [0.2, 0.25) is 0 Å². The van der Waals surface area contributed by atoms with Gasteiger partial charge in [-0.1, -0.05) is 0 Å². The molecule has 1 fully saturated rings. The molecule has 7 nitrogen and oxygen atoms in total. The van der Waals surface area contributed by atoms with Crippen molar-refractivity contribution in [2.75, 3.05) is 32.8 Å². The van der Waals surface area contributed by atoms with Gasteiger partial charge in [-0.25, -0.2) is 4.79 Å². The van der Waals surface area contributed by atoms with Crippen molar-refractivity contribution in [2.45, 2.75) is 24.9 Å². The summed E-state index contributed by atoms with van der Waals surface area (Å²) >= 11 is 0. The zero-order valence-electron chi connectivity index (χ0n) is 12.3. The van der Waals surface area contributed by atoms with Crippen LogP contribution >= 0.6 is 0 Å². The van der Waals surface area contributed by atoms with Gasteiger partial charge < -0.3 is 24.6 Å². The minimum Gasteiger partial charge on any atom is -0.486 e. The minimum atomic E-state index is -1.56. The van der Waals surface area contributed by atoms with Crippen LogP contribution in [0.15, 0.2) is 12.3 Å². The maximum Gasteiger partial charge on any atom is 0.335 e. The Balaban J connectivity index is 1.52. The largest absolute Gasteiger partial charge is 0.486 e. The van der Waals surface area contributed by atoms with Crippen molar-refractivity contribution in [3.8, 4) is 11.5 Å². The molecule has 0 radical (unpaired) electrons. The Morgan fingerprint density at radius 2 is 1.95 bits per heavy atom. The lowest BCUT2D eigenvalue weighted by Gasteiger charge is -2.35. The number of aliphatic hydroxyl groups is 1. The summed E-state index contributed by atoms with van der Waals surface area (Å²) in [5.74, 6) is 0.287. The van der Waals surface area contributed by atoms with Crippen molar-refractivity contribution < 1.29 is 24.5 Å². The summed E-state index contributed by atoms with van der Waals surface area (Å²) in [7, 11) is 0. The zero-order chi connectivity index (χ0) is 15.6. The Labute approximate surface area is 128 Å². The molecule has 7 heteroatoms. The van der Waals surface area contributed by atoms with E-state index in [4.69, 9.17) is 14.6 Å². The molecule has 120 valence electrons. The molecule has 0 atom stereocenters. The standard InChI is InChI=1S/C15H20N2O5/c18-14(19)15(20)2-5-17(6-3-15)4-1-11-9-12-13(10-16-11)22-8-7-21-12/h9-10,20H,1-8H2,(H,18,19). The topological polar surface area (TPSA) is 92.1 Å². The first-order chi connectivity index (χ1) is 10.6. The fourth-order valence-corrected chi connectivity index (χ4v) is 2.76. The molecule has 0 aromatic carbocycles. The number of likely N-dealkylation sites (tertiary alicyclic amines) is 1. The van der Waals surface area contributed by atoms with E-state index in [1.54, 1.807) is 6.20 Å². The van der Waals surface area contributed by atoms with E-state index in [0.717, 1.165) is 24.4 Å². The number of pyridine rings is 1. The highest BCUT2D eigenvalue weighted by Gasteiger charge is 2.39. The smallest absolute Gasteiger partial charge is 0.335 e. The first kappa shape index (κ1) is 15.1. The third kappa shape index (κ3) is 3.15. The zero-order valence-corrected chi connectivity index (χ0v) is 12.3. The van der Waals surface area contributed by atoms with Crippen molar-refractivity contribution in [3.63, 3.8) is 0 Å². The molecule has 22 heavy (non-hydrogen) atoms. The molecule has 3 heterocycles. The predicted octanol–water partition coefficient (Wildman–Crippen LogP) is 0.307. The van der Waals surface area contributed by atoms with Gasteiger partial charge in [-0.05, 0) is 12.8 Å². The van der Waals surface area contributed by atoms with Gasteiger partial charge in [-0.15, -0.1) is 0 Å². The average molecular weight is 308 g/mol. The van der Waals surface area contributed by atoms with Crippen LogP contribution in [0.4, 0.5) is 0 Å². The van der Waals surface area contributed by atoms with Crippen molar-refractivity contribution in [2.24, 2.45) is 0 Å². The number of aliphatic carboxylic acids is 1. The number of ether oxygens (including phenoxy) is 2. The van der Waals surface area contributed by atoms with Crippen molar-refractivity contribution in [3.05, 3.63) is 18.0 Å². The fraction of sp³-hybridized carbons (Fsp3) is 0.600. The normalized spacial score (nSPS) is 20.6. The van der Waals surface area contributed by atoms with Crippen molar-refractivity contribution >= 4 is 5.97 Å². The van der Waals surface area contributed by atoms with Gasteiger partial charge in [0, 0.05) is 37.8 Å².